The van der Waals surface area contributed by atoms with Crippen LogP contribution < -0.4 is 5.73 Å². The van der Waals surface area contributed by atoms with Crippen LogP contribution in [0, 0.1) is 0 Å². The first-order valence-electron chi connectivity index (χ1n) is 7.86. The monoisotopic (exact) mass is 366 g/mol. The Morgan fingerprint density at radius 1 is 1.04 bits per heavy atom. The molecule has 0 radical (unpaired) electrons. The van der Waals surface area contributed by atoms with Crippen LogP contribution in [0.5, 0.6) is 0 Å². The van der Waals surface area contributed by atoms with E-state index in [-0.39, 0.29) is 10.7 Å². The van der Waals surface area contributed by atoms with Crippen molar-refractivity contribution in [3.8, 4) is 0 Å². The average molecular weight is 367 g/mol. The minimum Gasteiger partial charge on any atom is -0.455 e. The van der Waals surface area contributed by atoms with Crippen LogP contribution in [-0.2, 0) is 9.47 Å². The van der Waals surface area contributed by atoms with E-state index in [1.165, 1.54) is 0 Å². The van der Waals surface area contributed by atoms with Crippen LogP contribution >= 0.6 is 11.6 Å². The second kappa shape index (κ2) is 6.26. The third-order valence-corrected chi connectivity index (χ3v) is 3.48. The molecule has 136 valence electrons. The SMILES string of the molecule is CC(C)(C)OC(=O)c1c(Cl)c2cc(N)ccc2n1C(=O)OC(C)(C)C. The third-order valence-electron chi connectivity index (χ3n) is 3.10. The van der Waals surface area contributed by atoms with Gasteiger partial charge in [-0.2, -0.15) is 0 Å². The van der Waals surface area contributed by atoms with Crippen molar-refractivity contribution in [3.63, 3.8) is 0 Å². The molecule has 0 saturated heterocycles. The van der Waals surface area contributed by atoms with E-state index < -0.39 is 23.3 Å². The highest BCUT2D eigenvalue weighted by atomic mass is 35.5. The van der Waals surface area contributed by atoms with Gasteiger partial charge in [0.25, 0.3) is 0 Å². The van der Waals surface area contributed by atoms with Gasteiger partial charge in [0.1, 0.15) is 11.2 Å². The topological polar surface area (TPSA) is 83.5 Å². The lowest BCUT2D eigenvalue weighted by Crippen LogP contribution is -2.31. The van der Waals surface area contributed by atoms with Crippen molar-refractivity contribution < 1.29 is 19.1 Å². The second-order valence-corrected chi connectivity index (χ2v) is 8.13. The molecule has 0 aliphatic carbocycles. The van der Waals surface area contributed by atoms with E-state index in [1.54, 1.807) is 59.7 Å². The highest BCUT2D eigenvalue weighted by Gasteiger charge is 2.31. The molecule has 0 aliphatic heterocycles. The lowest BCUT2D eigenvalue weighted by Gasteiger charge is -2.22. The number of carbonyl (C=O) groups is 2. The Morgan fingerprint density at radius 2 is 1.60 bits per heavy atom. The van der Waals surface area contributed by atoms with Crippen molar-refractivity contribution in [2.75, 3.05) is 5.73 Å². The Bertz CT molecular complexity index is 841. The summed E-state index contributed by atoms with van der Waals surface area (Å²) in [4.78, 5) is 25.4. The zero-order chi connectivity index (χ0) is 19.2. The summed E-state index contributed by atoms with van der Waals surface area (Å²) in [6, 6.07) is 4.85. The predicted octanol–water partition coefficient (Wildman–Crippen LogP) is 4.62. The molecule has 0 saturated carbocycles. The highest BCUT2D eigenvalue weighted by Crippen LogP contribution is 2.34. The Kier molecular flexibility index (Phi) is 4.79. The molecule has 1 heterocycles. The molecule has 1 aromatic heterocycles. The number of rotatable bonds is 1. The van der Waals surface area contributed by atoms with Gasteiger partial charge in [-0.15, -0.1) is 0 Å². The van der Waals surface area contributed by atoms with Crippen LogP contribution in [0.1, 0.15) is 52.0 Å². The number of hydrogen-bond donors (Lipinski definition) is 1. The molecule has 0 unspecified atom stereocenters. The number of nitrogens with zero attached hydrogens (tertiary/aromatic N) is 1. The van der Waals surface area contributed by atoms with Gasteiger partial charge in [-0.1, -0.05) is 11.6 Å². The van der Waals surface area contributed by atoms with E-state index in [4.69, 9.17) is 26.8 Å². The summed E-state index contributed by atoms with van der Waals surface area (Å²) in [5.41, 5.74) is 5.14. The molecule has 6 nitrogen and oxygen atoms in total. The van der Waals surface area contributed by atoms with E-state index in [0.29, 0.717) is 16.6 Å². The summed E-state index contributed by atoms with van der Waals surface area (Å²) in [6.45, 7) is 10.4. The van der Waals surface area contributed by atoms with E-state index >= 15 is 0 Å². The van der Waals surface area contributed by atoms with Gasteiger partial charge in [0.2, 0.25) is 0 Å². The number of esters is 1. The largest absolute Gasteiger partial charge is 0.455 e. The number of aromatic nitrogens is 1. The highest BCUT2D eigenvalue weighted by molar-refractivity contribution is 6.39. The van der Waals surface area contributed by atoms with Gasteiger partial charge in [0.15, 0.2) is 5.69 Å². The quantitative estimate of drug-likeness (QED) is 0.588. The van der Waals surface area contributed by atoms with Crippen LogP contribution in [0.15, 0.2) is 18.2 Å². The molecule has 0 atom stereocenters. The number of halogens is 1. The summed E-state index contributed by atoms with van der Waals surface area (Å²) < 4.78 is 12.0. The van der Waals surface area contributed by atoms with Gasteiger partial charge < -0.3 is 15.2 Å². The van der Waals surface area contributed by atoms with E-state index in [2.05, 4.69) is 0 Å². The molecule has 2 N–H and O–H groups in total. The lowest BCUT2D eigenvalue weighted by molar-refractivity contribution is 0.00503. The molecule has 0 spiro atoms. The maximum Gasteiger partial charge on any atom is 0.419 e. The van der Waals surface area contributed by atoms with Crippen molar-refractivity contribution in [3.05, 3.63) is 28.9 Å². The van der Waals surface area contributed by atoms with Crippen molar-refractivity contribution in [1.82, 2.24) is 4.57 Å². The molecular formula is C18H23ClN2O4. The van der Waals surface area contributed by atoms with Crippen LogP contribution in [0.2, 0.25) is 5.02 Å². The molecule has 0 fully saturated rings. The maximum absolute atomic E-state index is 12.7. The molecular weight excluding hydrogens is 344 g/mol. The Balaban J connectivity index is 2.70. The summed E-state index contributed by atoms with van der Waals surface area (Å²) in [7, 11) is 0. The smallest absolute Gasteiger partial charge is 0.419 e. The van der Waals surface area contributed by atoms with Gasteiger partial charge in [0, 0.05) is 11.1 Å². The summed E-state index contributed by atoms with van der Waals surface area (Å²) in [5, 5.41) is 0.579. The first kappa shape index (κ1) is 19.1. The number of anilines is 1. The standard InChI is InChI=1S/C18H23ClN2O4/c1-17(2,3)24-15(22)14-13(19)11-9-10(20)7-8-12(11)21(14)16(23)25-18(4,5)6/h7-9H,20H2,1-6H3. The fraction of sp³-hybridized carbons (Fsp3) is 0.444. The van der Waals surface area contributed by atoms with E-state index in [0.717, 1.165) is 4.57 Å². The van der Waals surface area contributed by atoms with Crippen molar-refractivity contribution >= 4 is 40.3 Å². The molecule has 2 rings (SSSR count). The Labute approximate surface area is 151 Å². The van der Waals surface area contributed by atoms with E-state index in [9.17, 15) is 9.59 Å². The normalized spacial score (nSPS) is 12.3. The second-order valence-electron chi connectivity index (χ2n) is 7.76. The number of nitrogen functional groups attached to an aromatic ring is 1. The minimum absolute atomic E-state index is 0.0774. The van der Waals surface area contributed by atoms with Crippen LogP contribution in [-0.4, -0.2) is 27.8 Å². The summed E-state index contributed by atoms with van der Waals surface area (Å²) >= 11 is 6.39. The zero-order valence-corrected chi connectivity index (χ0v) is 16.0. The van der Waals surface area contributed by atoms with Gasteiger partial charge in [-0.05, 0) is 59.7 Å². The number of hydrogen-bond acceptors (Lipinski definition) is 5. The third kappa shape index (κ3) is 4.25. The number of ether oxygens (including phenoxy) is 2. The summed E-state index contributed by atoms with van der Waals surface area (Å²) in [5.74, 6) is -0.710. The summed E-state index contributed by atoms with van der Waals surface area (Å²) in [6.07, 6.45) is -0.713. The number of carbonyl (C=O) groups excluding carboxylic acids is 2. The molecule has 0 bridgehead atoms. The average Bonchev–Trinajstić information content (AvgIpc) is 2.68. The predicted molar refractivity (Wildman–Crippen MR) is 98.2 cm³/mol. The first-order chi connectivity index (χ1) is 11.3. The first-order valence-corrected chi connectivity index (χ1v) is 8.24. The lowest BCUT2D eigenvalue weighted by atomic mass is 10.2. The van der Waals surface area contributed by atoms with Gasteiger partial charge >= 0.3 is 12.1 Å². The van der Waals surface area contributed by atoms with E-state index in [1.807, 2.05) is 0 Å². The van der Waals surface area contributed by atoms with Crippen molar-refractivity contribution in [2.24, 2.45) is 0 Å². The fourth-order valence-corrected chi connectivity index (χ4v) is 2.59. The molecule has 25 heavy (non-hydrogen) atoms. The van der Waals surface area contributed by atoms with Gasteiger partial charge in [-0.3, -0.25) is 0 Å². The van der Waals surface area contributed by atoms with Crippen molar-refractivity contribution in [2.45, 2.75) is 52.7 Å². The van der Waals surface area contributed by atoms with Crippen LogP contribution in [0.3, 0.4) is 0 Å². The maximum atomic E-state index is 12.7. The molecule has 2 aromatic rings. The molecule has 0 aliphatic rings. The van der Waals surface area contributed by atoms with Crippen LogP contribution in [0.25, 0.3) is 10.9 Å². The number of benzene rings is 1. The Morgan fingerprint density at radius 3 is 2.12 bits per heavy atom. The number of fused-ring (bicyclic) bond motifs is 1. The molecule has 7 heteroatoms. The molecule has 0 amide bonds. The number of nitrogens with two attached hydrogens (primary N) is 1. The Hall–Kier alpha value is -2.21. The molecule has 1 aromatic carbocycles. The van der Waals surface area contributed by atoms with Gasteiger partial charge in [0.05, 0.1) is 10.5 Å². The fourth-order valence-electron chi connectivity index (χ4n) is 2.28. The van der Waals surface area contributed by atoms with Crippen molar-refractivity contribution in [1.29, 1.82) is 0 Å². The van der Waals surface area contributed by atoms with Crippen LogP contribution in [0.4, 0.5) is 10.5 Å². The zero-order valence-electron chi connectivity index (χ0n) is 15.3. The van der Waals surface area contributed by atoms with Gasteiger partial charge in [-0.25, -0.2) is 14.2 Å². The minimum atomic E-state index is -0.741.